The van der Waals surface area contributed by atoms with Gasteiger partial charge < -0.3 is 20.3 Å². The maximum Gasteiger partial charge on any atom is 0.219 e. The molecule has 0 bridgehead atoms. The van der Waals surface area contributed by atoms with E-state index in [1.54, 1.807) is 18.8 Å². The van der Waals surface area contributed by atoms with Crippen molar-refractivity contribution in [2.45, 2.75) is 81.7 Å². The summed E-state index contributed by atoms with van der Waals surface area (Å²) in [5.74, 6) is 0.952. The van der Waals surface area contributed by atoms with Gasteiger partial charge in [0.2, 0.25) is 5.91 Å². The van der Waals surface area contributed by atoms with Crippen LogP contribution in [0.25, 0.3) is 0 Å². The number of hydrogen-bond acceptors (Lipinski definition) is 7. The number of carbonyl (C=O) groups excluding carboxylic acids is 3. The monoisotopic (exact) mass is 532 g/mol. The molecule has 7 nitrogen and oxygen atoms in total. The summed E-state index contributed by atoms with van der Waals surface area (Å²) in [6, 6.07) is 5.48. The minimum atomic E-state index is -0.364. The van der Waals surface area contributed by atoms with Crippen molar-refractivity contribution in [3.63, 3.8) is 0 Å². The summed E-state index contributed by atoms with van der Waals surface area (Å²) in [6.07, 6.45) is 12.9. The molecule has 0 saturated carbocycles. The van der Waals surface area contributed by atoms with Crippen molar-refractivity contribution >= 4 is 30.2 Å². The molecule has 208 valence electrons. The van der Waals surface area contributed by atoms with Crippen LogP contribution in [0.3, 0.4) is 0 Å². The highest BCUT2D eigenvalue weighted by Gasteiger charge is 2.19. The van der Waals surface area contributed by atoms with Gasteiger partial charge in [0, 0.05) is 56.7 Å². The molecule has 1 aromatic carbocycles. The molecule has 1 amide bonds. The Hall–Kier alpha value is -1.74. The van der Waals surface area contributed by atoms with Gasteiger partial charge >= 0.3 is 0 Å². The molecule has 1 heterocycles. The number of nitrogens with one attached hydrogen (secondary N) is 2. The molecule has 1 saturated heterocycles. The van der Waals surface area contributed by atoms with Crippen molar-refractivity contribution < 1.29 is 14.4 Å². The number of benzene rings is 1. The van der Waals surface area contributed by atoms with Crippen LogP contribution in [0.5, 0.6) is 0 Å². The summed E-state index contributed by atoms with van der Waals surface area (Å²) in [5, 5.41) is 6.01. The molecule has 1 aliphatic rings. The van der Waals surface area contributed by atoms with E-state index < -0.39 is 0 Å². The van der Waals surface area contributed by atoms with Gasteiger partial charge in [-0.3, -0.25) is 14.5 Å². The van der Waals surface area contributed by atoms with Crippen molar-refractivity contribution in [3.8, 4) is 0 Å². The van der Waals surface area contributed by atoms with E-state index in [2.05, 4.69) is 21.6 Å². The Bertz CT molecular complexity index is 801. The third-order valence-electron chi connectivity index (χ3n) is 7.21. The van der Waals surface area contributed by atoms with Gasteiger partial charge in [-0.25, -0.2) is 0 Å². The molecule has 1 aromatic rings. The van der Waals surface area contributed by atoms with Gasteiger partial charge in [0.25, 0.3) is 0 Å². The molecule has 1 aliphatic heterocycles. The first-order valence-electron chi connectivity index (χ1n) is 14.1. The van der Waals surface area contributed by atoms with E-state index in [0.717, 1.165) is 48.3 Å². The summed E-state index contributed by atoms with van der Waals surface area (Å²) in [5.41, 5.74) is 1.64. The Morgan fingerprint density at radius 2 is 1.76 bits per heavy atom. The van der Waals surface area contributed by atoms with Crippen LogP contribution in [0.1, 0.15) is 80.1 Å². The fourth-order valence-corrected chi connectivity index (χ4v) is 5.88. The number of piperazine rings is 1. The number of thioether (sulfide) groups is 1. The third kappa shape index (κ3) is 12.6. The van der Waals surface area contributed by atoms with E-state index in [9.17, 15) is 14.4 Å². The van der Waals surface area contributed by atoms with Crippen LogP contribution in [0.15, 0.2) is 23.1 Å². The molecule has 1 atom stereocenters. The summed E-state index contributed by atoms with van der Waals surface area (Å²) in [7, 11) is 3.48. The summed E-state index contributed by atoms with van der Waals surface area (Å²) >= 11 is 1.80. The summed E-state index contributed by atoms with van der Waals surface area (Å²) < 4.78 is 0. The number of amides is 1. The zero-order chi connectivity index (χ0) is 26.7. The van der Waals surface area contributed by atoms with Crippen LogP contribution in [0.4, 0.5) is 0 Å². The maximum absolute atomic E-state index is 11.7. The lowest BCUT2D eigenvalue weighted by molar-refractivity contribution is -0.121. The minimum Gasteiger partial charge on any atom is -0.359 e. The molecule has 0 spiro atoms. The first-order valence-corrected chi connectivity index (χ1v) is 15.1. The number of carbonyl (C=O) groups is 3. The molecule has 1 fully saturated rings. The standard InChI is InChI=1S/C29H48N4O3S/c1-30-29(36)15-14-26(24-35)32(2)22-27-25(23-34)12-11-13-28(27)37-21-10-8-6-4-3-5-7-9-18-33-19-16-31-17-20-33/h11-13,23-24,26,31H,3-10,14-22H2,1-2H3,(H,30,36). The fraction of sp³-hybridized carbons (Fsp3) is 0.690. The molecule has 2 rings (SSSR count). The lowest BCUT2D eigenvalue weighted by atomic mass is 10.1. The highest BCUT2D eigenvalue weighted by molar-refractivity contribution is 7.99. The van der Waals surface area contributed by atoms with Crippen molar-refractivity contribution in [3.05, 3.63) is 29.3 Å². The molecule has 8 heteroatoms. The lowest BCUT2D eigenvalue weighted by Gasteiger charge is -2.27. The van der Waals surface area contributed by atoms with Crippen molar-refractivity contribution in [2.75, 3.05) is 52.6 Å². The maximum atomic E-state index is 11.7. The van der Waals surface area contributed by atoms with E-state index >= 15 is 0 Å². The fourth-order valence-electron chi connectivity index (χ4n) is 4.78. The predicted molar refractivity (Wildman–Crippen MR) is 153 cm³/mol. The number of aldehydes is 2. The zero-order valence-electron chi connectivity index (χ0n) is 23.0. The summed E-state index contributed by atoms with van der Waals surface area (Å²) in [6.45, 7) is 6.44. The van der Waals surface area contributed by atoms with Gasteiger partial charge in [0.15, 0.2) is 0 Å². The van der Waals surface area contributed by atoms with E-state index in [-0.39, 0.29) is 11.9 Å². The minimum absolute atomic E-state index is 0.0735. The van der Waals surface area contributed by atoms with Gasteiger partial charge in [0.05, 0.1) is 6.04 Å². The van der Waals surface area contributed by atoms with Crippen LogP contribution < -0.4 is 10.6 Å². The average Bonchev–Trinajstić information content (AvgIpc) is 2.93. The van der Waals surface area contributed by atoms with Gasteiger partial charge in [-0.2, -0.15) is 0 Å². The second-order valence-corrected chi connectivity index (χ2v) is 11.2. The van der Waals surface area contributed by atoms with Crippen LogP contribution >= 0.6 is 11.8 Å². The van der Waals surface area contributed by atoms with Crippen molar-refractivity contribution in [1.29, 1.82) is 0 Å². The Balaban J connectivity index is 1.66. The molecular weight excluding hydrogens is 484 g/mol. The topological polar surface area (TPSA) is 81.8 Å². The second kappa shape index (κ2) is 19.3. The normalized spacial score (nSPS) is 15.0. The van der Waals surface area contributed by atoms with Gasteiger partial charge in [-0.05, 0) is 50.2 Å². The molecule has 1 unspecified atom stereocenters. The van der Waals surface area contributed by atoms with E-state index in [1.807, 2.05) is 24.1 Å². The number of likely N-dealkylation sites (N-methyl/N-ethyl adjacent to an activating group) is 1. The highest BCUT2D eigenvalue weighted by atomic mass is 32.2. The van der Waals surface area contributed by atoms with Gasteiger partial charge in [0.1, 0.15) is 12.6 Å². The SMILES string of the molecule is CNC(=O)CCC(C=O)N(C)Cc1c(C=O)cccc1SCCCCCCCCCCN1CCNCC1. The molecule has 37 heavy (non-hydrogen) atoms. The van der Waals surface area contributed by atoms with Crippen LogP contribution in [0, 0.1) is 0 Å². The predicted octanol–water partition coefficient (Wildman–Crippen LogP) is 4.14. The first kappa shape index (κ1) is 31.5. The van der Waals surface area contributed by atoms with Gasteiger partial charge in [-0.15, -0.1) is 11.8 Å². The number of nitrogens with zero attached hydrogens (tertiary/aromatic N) is 2. The van der Waals surface area contributed by atoms with Crippen LogP contribution in [-0.4, -0.2) is 86.9 Å². The lowest BCUT2D eigenvalue weighted by Crippen LogP contribution is -2.43. The van der Waals surface area contributed by atoms with E-state index in [4.69, 9.17) is 0 Å². The summed E-state index contributed by atoms with van der Waals surface area (Å²) in [4.78, 5) is 40.6. The molecule has 0 aliphatic carbocycles. The third-order valence-corrected chi connectivity index (χ3v) is 8.40. The number of hydrogen-bond donors (Lipinski definition) is 2. The quantitative estimate of drug-likeness (QED) is 0.148. The Morgan fingerprint density at radius 3 is 2.41 bits per heavy atom. The average molecular weight is 533 g/mol. The van der Waals surface area contributed by atoms with Gasteiger partial charge in [-0.1, -0.05) is 50.7 Å². The largest absolute Gasteiger partial charge is 0.359 e. The zero-order valence-corrected chi connectivity index (χ0v) is 23.8. The number of rotatable bonds is 20. The van der Waals surface area contributed by atoms with Crippen molar-refractivity contribution in [2.24, 2.45) is 0 Å². The van der Waals surface area contributed by atoms with Crippen LogP contribution in [0.2, 0.25) is 0 Å². The molecule has 2 N–H and O–H groups in total. The Labute approximate surface area is 228 Å². The van der Waals surface area contributed by atoms with E-state index in [1.165, 1.54) is 64.6 Å². The van der Waals surface area contributed by atoms with Crippen LogP contribution in [-0.2, 0) is 16.1 Å². The number of unbranched alkanes of at least 4 members (excludes halogenated alkanes) is 7. The Morgan fingerprint density at radius 1 is 1.08 bits per heavy atom. The smallest absolute Gasteiger partial charge is 0.219 e. The van der Waals surface area contributed by atoms with Crippen molar-refractivity contribution in [1.82, 2.24) is 20.4 Å². The molecular formula is C29H48N4O3S. The Kier molecular flexibility index (Phi) is 16.5. The molecule has 0 aromatic heterocycles. The van der Waals surface area contributed by atoms with E-state index in [0.29, 0.717) is 24.9 Å². The first-order chi connectivity index (χ1) is 18.1. The highest BCUT2D eigenvalue weighted by Crippen LogP contribution is 2.28. The second-order valence-electron chi connectivity index (χ2n) is 10.0. The molecule has 0 radical (unpaired) electrons.